The zero-order chi connectivity index (χ0) is 26.0. The maximum atomic E-state index is 13.3. The van der Waals surface area contributed by atoms with E-state index in [1.54, 1.807) is 40.1 Å². The average molecular weight is 492 g/mol. The second kappa shape index (κ2) is 10.3. The van der Waals surface area contributed by atoms with Crippen molar-refractivity contribution in [1.29, 1.82) is 0 Å². The molecule has 0 radical (unpaired) electrons. The Morgan fingerprint density at radius 2 is 1.44 bits per heavy atom. The quantitative estimate of drug-likeness (QED) is 0.362. The van der Waals surface area contributed by atoms with Gasteiger partial charge in [-0.2, -0.15) is 0 Å². The summed E-state index contributed by atoms with van der Waals surface area (Å²) < 4.78 is 5.08. The van der Waals surface area contributed by atoms with Crippen molar-refractivity contribution < 1.29 is 28.7 Å². The number of ether oxygens (including phenoxy) is 1. The highest BCUT2D eigenvalue weighted by atomic mass is 16.5. The molecule has 0 aliphatic carbocycles. The number of hydrogen-bond donors (Lipinski definition) is 0. The molecular weight excluding hydrogens is 462 g/mol. The van der Waals surface area contributed by atoms with E-state index in [-0.39, 0.29) is 35.1 Å². The van der Waals surface area contributed by atoms with E-state index in [0.717, 1.165) is 0 Å². The van der Waals surface area contributed by atoms with Crippen molar-refractivity contribution >= 4 is 29.6 Å². The SMILES string of the molecule is CC(=O)Oc1cccc(C(=O)N2CCCN(C(=O)c3ccc4c(c3)C(=O)N(CC(C)C)C4=O)CC2)c1. The molecule has 188 valence electrons. The molecule has 2 aromatic carbocycles. The zero-order valence-electron chi connectivity index (χ0n) is 20.7. The summed E-state index contributed by atoms with van der Waals surface area (Å²) in [6, 6.07) is 11.1. The molecule has 36 heavy (non-hydrogen) atoms. The van der Waals surface area contributed by atoms with Gasteiger partial charge in [0.1, 0.15) is 5.75 Å². The minimum Gasteiger partial charge on any atom is -0.427 e. The van der Waals surface area contributed by atoms with Crippen molar-refractivity contribution in [3.05, 3.63) is 64.7 Å². The standard InChI is InChI=1S/C27H29N3O6/c1-17(2)16-30-26(34)22-9-8-20(15-23(22)27(30)35)25(33)29-11-5-10-28(12-13-29)24(32)19-6-4-7-21(14-19)36-18(3)31/h4,6-9,14-15,17H,5,10-13,16H2,1-3H3. The maximum absolute atomic E-state index is 13.3. The van der Waals surface area contributed by atoms with E-state index in [0.29, 0.717) is 61.6 Å². The largest absolute Gasteiger partial charge is 0.427 e. The Morgan fingerprint density at radius 1 is 0.833 bits per heavy atom. The number of carbonyl (C=O) groups is 5. The number of esters is 1. The summed E-state index contributed by atoms with van der Waals surface area (Å²) in [6.45, 7) is 7.09. The van der Waals surface area contributed by atoms with Crippen LogP contribution in [0.2, 0.25) is 0 Å². The first-order valence-electron chi connectivity index (χ1n) is 12.0. The summed E-state index contributed by atoms with van der Waals surface area (Å²) in [5, 5.41) is 0. The van der Waals surface area contributed by atoms with Gasteiger partial charge in [0.05, 0.1) is 11.1 Å². The van der Waals surface area contributed by atoms with Crippen molar-refractivity contribution in [3.63, 3.8) is 0 Å². The highest BCUT2D eigenvalue weighted by Gasteiger charge is 2.36. The Balaban J connectivity index is 1.44. The fourth-order valence-corrected chi connectivity index (χ4v) is 4.50. The molecule has 2 heterocycles. The number of hydrogen-bond acceptors (Lipinski definition) is 6. The second-order valence-electron chi connectivity index (χ2n) is 9.43. The molecule has 4 amide bonds. The van der Waals surface area contributed by atoms with Crippen molar-refractivity contribution in [2.45, 2.75) is 27.2 Å². The van der Waals surface area contributed by atoms with Gasteiger partial charge in [0.2, 0.25) is 0 Å². The molecule has 2 aliphatic rings. The van der Waals surface area contributed by atoms with Crippen LogP contribution in [0.4, 0.5) is 0 Å². The number of carbonyl (C=O) groups excluding carboxylic acids is 5. The maximum Gasteiger partial charge on any atom is 0.308 e. The lowest BCUT2D eigenvalue weighted by Gasteiger charge is -2.22. The highest BCUT2D eigenvalue weighted by molar-refractivity contribution is 6.22. The van der Waals surface area contributed by atoms with E-state index >= 15 is 0 Å². The number of rotatable bonds is 5. The van der Waals surface area contributed by atoms with E-state index in [9.17, 15) is 24.0 Å². The molecule has 9 heteroatoms. The Labute approximate surface area is 209 Å². The first-order chi connectivity index (χ1) is 17.2. The monoisotopic (exact) mass is 491 g/mol. The van der Waals surface area contributed by atoms with Crippen LogP contribution in [0.3, 0.4) is 0 Å². The first kappa shape index (κ1) is 25.1. The number of nitrogens with zero attached hydrogens (tertiary/aromatic N) is 3. The minimum atomic E-state index is -0.464. The Hall–Kier alpha value is -4.01. The van der Waals surface area contributed by atoms with Crippen LogP contribution in [0.1, 0.15) is 68.6 Å². The molecule has 0 saturated carbocycles. The summed E-state index contributed by atoms with van der Waals surface area (Å²) in [6.07, 6.45) is 0.589. The lowest BCUT2D eigenvalue weighted by molar-refractivity contribution is -0.131. The van der Waals surface area contributed by atoms with Crippen LogP contribution < -0.4 is 4.74 Å². The van der Waals surface area contributed by atoms with E-state index in [4.69, 9.17) is 4.74 Å². The predicted molar refractivity (Wildman–Crippen MR) is 131 cm³/mol. The van der Waals surface area contributed by atoms with Crippen molar-refractivity contribution in [1.82, 2.24) is 14.7 Å². The number of benzene rings is 2. The summed E-state index contributed by atoms with van der Waals surface area (Å²) in [4.78, 5) is 67.5. The van der Waals surface area contributed by atoms with E-state index < -0.39 is 5.97 Å². The molecule has 0 atom stereocenters. The predicted octanol–water partition coefficient (Wildman–Crippen LogP) is 2.85. The fourth-order valence-electron chi connectivity index (χ4n) is 4.50. The van der Waals surface area contributed by atoms with Gasteiger partial charge in [0, 0.05) is 50.8 Å². The van der Waals surface area contributed by atoms with Crippen LogP contribution in [-0.4, -0.2) is 77.0 Å². The van der Waals surface area contributed by atoms with Gasteiger partial charge in [-0.15, -0.1) is 0 Å². The molecule has 0 N–H and O–H groups in total. The second-order valence-corrected chi connectivity index (χ2v) is 9.43. The van der Waals surface area contributed by atoms with Crippen molar-refractivity contribution in [3.8, 4) is 5.75 Å². The summed E-state index contributed by atoms with van der Waals surface area (Å²) in [5.74, 6) is -1.17. The average Bonchev–Trinajstić information content (AvgIpc) is 3.01. The molecule has 1 saturated heterocycles. The van der Waals surface area contributed by atoms with Gasteiger partial charge >= 0.3 is 5.97 Å². The third-order valence-electron chi connectivity index (χ3n) is 6.18. The van der Waals surface area contributed by atoms with Gasteiger partial charge in [-0.1, -0.05) is 19.9 Å². The smallest absolute Gasteiger partial charge is 0.308 e. The lowest BCUT2D eigenvalue weighted by Crippen LogP contribution is -2.37. The Kier molecular flexibility index (Phi) is 7.19. The van der Waals surface area contributed by atoms with Crippen LogP contribution in [0.5, 0.6) is 5.75 Å². The number of fused-ring (bicyclic) bond motifs is 1. The van der Waals surface area contributed by atoms with Crippen LogP contribution in [0.25, 0.3) is 0 Å². The van der Waals surface area contributed by atoms with Crippen LogP contribution >= 0.6 is 0 Å². The van der Waals surface area contributed by atoms with Crippen molar-refractivity contribution in [2.24, 2.45) is 5.92 Å². The fraction of sp³-hybridized carbons (Fsp3) is 0.370. The summed E-state index contributed by atoms with van der Waals surface area (Å²) in [5.41, 5.74) is 1.32. The van der Waals surface area contributed by atoms with E-state index in [1.807, 2.05) is 13.8 Å². The molecule has 2 aromatic rings. The topological polar surface area (TPSA) is 104 Å². The normalized spacial score (nSPS) is 15.7. The third-order valence-corrected chi connectivity index (χ3v) is 6.18. The van der Waals surface area contributed by atoms with Gasteiger partial charge in [-0.05, 0) is 48.7 Å². The molecule has 0 aromatic heterocycles. The molecule has 1 fully saturated rings. The number of imide groups is 1. The van der Waals surface area contributed by atoms with Crippen LogP contribution in [0.15, 0.2) is 42.5 Å². The van der Waals surface area contributed by atoms with Gasteiger partial charge in [0.15, 0.2) is 0 Å². The molecule has 0 unspecified atom stereocenters. The molecule has 9 nitrogen and oxygen atoms in total. The minimum absolute atomic E-state index is 0.139. The first-order valence-corrected chi connectivity index (χ1v) is 12.0. The van der Waals surface area contributed by atoms with Gasteiger partial charge in [0.25, 0.3) is 23.6 Å². The number of amides is 4. The lowest BCUT2D eigenvalue weighted by atomic mass is 10.0. The van der Waals surface area contributed by atoms with Gasteiger partial charge in [-0.3, -0.25) is 28.9 Å². The summed E-state index contributed by atoms with van der Waals surface area (Å²) in [7, 11) is 0. The highest BCUT2D eigenvalue weighted by Crippen LogP contribution is 2.26. The van der Waals surface area contributed by atoms with E-state index in [2.05, 4.69) is 0 Å². The molecule has 4 rings (SSSR count). The van der Waals surface area contributed by atoms with E-state index in [1.165, 1.54) is 24.0 Å². The van der Waals surface area contributed by atoms with Crippen LogP contribution in [0, 0.1) is 5.92 Å². The molecule has 0 spiro atoms. The van der Waals surface area contributed by atoms with Gasteiger partial charge < -0.3 is 14.5 Å². The van der Waals surface area contributed by atoms with Crippen LogP contribution in [-0.2, 0) is 4.79 Å². The molecule has 0 bridgehead atoms. The van der Waals surface area contributed by atoms with Crippen molar-refractivity contribution in [2.75, 3.05) is 32.7 Å². The third kappa shape index (κ3) is 5.15. The Bertz CT molecular complexity index is 1240. The van der Waals surface area contributed by atoms with Gasteiger partial charge in [-0.25, -0.2) is 0 Å². The Morgan fingerprint density at radius 3 is 2.06 bits per heavy atom. The zero-order valence-corrected chi connectivity index (χ0v) is 20.7. The molecule has 2 aliphatic heterocycles. The molecular formula is C27H29N3O6. The summed E-state index contributed by atoms with van der Waals surface area (Å²) >= 11 is 0.